The van der Waals surface area contributed by atoms with Gasteiger partial charge in [0, 0.05) is 60.0 Å². The number of nitrogens with zero attached hydrogens (tertiary/aromatic N) is 4. The number of carboxylic acids is 1. The van der Waals surface area contributed by atoms with Crippen molar-refractivity contribution in [3.8, 4) is 5.69 Å². The lowest BCUT2D eigenvalue weighted by molar-refractivity contribution is 0.0695. The summed E-state index contributed by atoms with van der Waals surface area (Å²) >= 11 is 3.44. The lowest BCUT2D eigenvalue weighted by Gasteiger charge is -2.36. The Balaban J connectivity index is 1.44. The van der Waals surface area contributed by atoms with Crippen LogP contribution in [0, 0.1) is 11.6 Å². The van der Waals surface area contributed by atoms with E-state index in [0.717, 1.165) is 21.8 Å². The van der Waals surface area contributed by atoms with Gasteiger partial charge in [0.15, 0.2) is 0 Å². The molecular weight excluding hydrogens is 586 g/mol. The van der Waals surface area contributed by atoms with Gasteiger partial charge in [0.05, 0.1) is 11.2 Å². The number of oxime groups is 1. The summed E-state index contributed by atoms with van der Waals surface area (Å²) in [4.78, 5) is 33.8. The second-order valence-corrected chi connectivity index (χ2v) is 10.3. The zero-order valence-corrected chi connectivity index (χ0v) is 23.1. The summed E-state index contributed by atoms with van der Waals surface area (Å²) in [5.41, 5.74) is 1.49. The van der Waals surface area contributed by atoms with E-state index in [4.69, 9.17) is 4.84 Å². The Bertz CT molecular complexity index is 1650. The summed E-state index contributed by atoms with van der Waals surface area (Å²) in [7, 11) is 1.50. The molecular formula is C29H25BrF2N4O4. The molecule has 8 nitrogen and oxygen atoms in total. The number of hydrogen-bond acceptors (Lipinski definition) is 6. The molecule has 1 fully saturated rings. The summed E-state index contributed by atoms with van der Waals surface area (Å²) in [5.74, 6) is -2.51. The van der Waals surface area contributed by atoms with Crippen molar-refractivity contribution in [1.82, 2.24) is 9.47 Å². The standard InChI is InChI=1S/C29H25BrF2N4O4/c1-40-33-25(18-2-4-19(30)5-3-18)17-34-10-12-35(13-11-34)27-15-26-22(14-24(27)32)28(37)23(29(38)39)16-36(26)21-8-6-20(31)7-9-21/h2-9,14-16H,10-13,17H2,1H3,(H,38,39). The van der Waals surface area contributed by atoms with E-state index in [1.165, 1.54) is 42.1 Å². The highest BCUT2D eigenvalue weighted by molar-refractivity contribution is 9.10. The summed E-state index contributed by atoms with van der Waals surface area (Å²) in [6.07, 6.45) is 1.19. The van der Waals surface area contributed by atoms with E-state index in [9.17, 15) is 19.1 Å². The third-order valence-corrected chi connectivity index (χ3v) is 7.40. The van der Waals surface area contributed by atoms with E-state index in [1.807, 2.05) is 29.2 Å². The first-order chi connectivity index (χ1) is 19.2. The van der Waals surface area contributed by atoms with Crippen LogP contribution >= 0.6 is 15.9 Å². The molecule has 11 heteroatoms. The molecule has 0 bridgehead atoms. The number of aromatic nitrogens is 1. The summed E-state index contributed by atoms with van der Waals surface area (Å²) in [6, 6.07) is 15.8. The minimum atomic E-state index is -1.43. The minimum absolute atomic E-state index is 0.0703. The van der Waals surface area contributed by atoms with Gasteiger partial charge in [0.1, 0.15) is 30.0 Å². The number of piperazine rings is 1. The molecule has 0 atom stereocenters. The van der Waals surface area contributed by atoms with Gasteiger partial charge < -0.3 is 19.4 Å². The van der Waals surface area contributed by atoms with Crippen LogP contribution in [0.2, 0.25) is 0 Å². The molecule has 0 radical (unpaired) electrons. The Morgan fingerprint density at radius 3 is 2.33 bits per heavy atom. The lowest BCUT2D eigenvalue weighted by Crippen LogP contribution is -2.48. The van der Waals surface area contributed by atoms with Crippen molar-refractivity contribution in [3.05, 3.63) is 104 Å². The van der Waals surface area contributed by atoms with Crippen LogP contribution in [0.15, 0.2) is 81.3 Å². The van der Waals surface area contributed by atoms with Gasteiger partial charge in [-0.3, -0.25) is 9.69 Å². The number of benzene rings is 3. The van der Waals surface area contributed by atoms with Crippen LogP contribution in [0.25, 0.3) is 16.6 Å². The summed E-state index contributed by atoms with van der Waals surface area (Å²) in [5, 5.41) is 13.7. The second kappa shape index (κ2) is 11.6. The number of anilines is 1. The second-order valence-electron chi connectivity index (χ2n) is 9.33. The molecule has 40 heavy (non-hydrogen) atoms. The third kappa shape index (κ3) is 5.61. The molecule has 1 saturated heterocycles. The quantitative estimate of drug-likeness (QED) is 0.236. The van der Waals surface area contributed by atoms with Gasteiger partial charge in [-0.2, -0.15) is 0 Å². The fraction of sp³-hybridized carbons (Fsp3) is 0.207. The monoisotopic (exact) mass is 610 g/mol. The van der Waals surface area contributed by atoms with Gasteiger partial charge in [-0.1, -0.05) is 33.2 Å². The van der Waals surface area contributed by atoms with Crippen molar-refractivity contribution in [2.45, 2.75) is 0 Å². The highest BCUT2D eigenvalue weighted by atomic mass is 79.9. The zero-order valence-electron chi connectivity index (χ0n) is 21.5. The predicted molar refractivity (Wildman–Crippen MR) is 153 cm³/mol. The average Bonchev–Trinajstić information content (AvgIpc) is 2.94. The molecule has 0 spiro atoms. The first kappa shape index (κ1) is 27.5. The predicted octanol–water partition coefficient (Wildman–Crippen LogP) is 4.90. The summed E-state index contributed by atoms with van der Waals surface area (Å²) in [6.45, 7) is 2.82. The fourth-order valence-corrected chi connectivity index (χ4v) is 5.09. The maximum atomic E-state index is 15.4. The van der Waals surface area contributed by atoms with Crippen LogP contribution in [0.4, 0.5) is 14.5 Å². The molecule has 5 rings (SSSR count). The number of pyridine rings is 1. The smallest absolute Gasteiger partial charge is 0.341 e. The average molecular weight is 611 g/mol. The molecule has 3 aromatic carbocycles. The number of aromatic carboxylic acids is 1. The van der Waals surface area contributed by atoms with Crippen LogP contribution in [-0.4, -0.2) is 66.1 Å². The fourth-order valence-electron chi connectivity index (χ4n) is 4.83. The van der Waals surface area contributed by atoms with E-state index in [-0.39, 0.29) is 5.39 Å². The molecule has 0 amide bonds. The van der Waals surface area contributed by atoms with Crippen molar-refractivity contribution in [2.24, 2.45) is 5.16 Å². The molecule has 0 aliphatic carbocycles. The molecule has 0 unspecified atom stereocenters. The Kier molecular flexibility index (Phi) is 7.95. The number of carboxylic acid groups (broad SMARTS) is 1. The molecule has 206 valence electrons. The third-order valence-electron chi connectivity index (χ3n) is 6.87. The zero-order chi connectivity index (χ0) is 28.4. The van der Waals surface area contributed by atoms with Gasteiger partial charge in [-0.05, 0) is 48.5 Å². The maximum absolute atomic E-state index is 15.4. The maximum Gasteiger partial charge on any atom is 0.341 e. The van der Waals surface area contributed by atoms with Crippen molar-refractivity contribution < 1.29 is 23.5 Å². The molecule has 1 N–H and O–H groups in total. The lowest BCUT2D eigenvalue weighted by atomic mass is 10.1. The van der Waals surface area contributed by atoms with Crippen molar-refractivity contribution in [1.29, 1.82) is 0 Å². The Morgan fingerprint density at radius 1 is 1.02 bits per heavy atom. The molecule has 0 saturated carbocycles. The van der Waals surface area contributed by atoms with Crippen molar-refractivity contribution in [3.63, 3.8) is 0 Å². The van der Waals surface area contributed by atoms with E-state index in [0.29, 0.717) is 49.6 Å². The Hall–Kier alpha value is -4.09. The van der Waals surface area contributed by atoms with Gasteiger partial charge in [-0.15, -0.1) is 0 Å². The summed E-state index contributed by atoms with van der Waals surface area (Å²) < 4.78 is 31.4. The number of rotatable bonds is 7. The van der Waals surface area contributed by atoms with Crippen LogP contribution < -0.4 is 10.3 Å². The van der Waals surface area contributed by atoms with E-state index >= 15 is 4.39 Å². The topological polar surface area (TPSA) is 87.4 Å². The number of fused-ring (bicyclic) bond motifs is 1. The van der Waals surface area contributed by atoms with Crippen molar-refractivity contribution in [2.75, 3.05) is 44.7 Å². The van der Waals surface area contributed by atoms with E-state index < -0.39 is 28.6 Å². The van der Waals surface area contributed by atoms with Crippen LogP contribution in [0.5, 0.6) is 0 Å². The van der Waals surface area contributed by atoms with Gasteiger partial charge >= 0.3 is 5.97 Å². The largest absolute Gasteiger partial charge is 0.477 e. The SMILES string of the molecule is CON=C(CN1CCN(c2cc3c(cc2F)c(=O)c(C(=O)O)cn3-c2ccc(F)cc2)CC1)c1ccc(Br)cc1. The van der Waals surface area contributed by atoms with E-state index in [1.54, 1.807) is 6.07 Å². The number of halogens is 3. The number of carbonyl (C=O) groups is 1. The van der Waals surface area contributed by atoms with Gasteiger partial charge in [0.25, 0.3) is 0 Å². The molecule has 1 aliphatic heterocycles. The number of hydrogen-bond donors (Lipinski definition) is 1. The molecule has 1 aliphatic rings. The van der Waals surface area contributed by atoms with Crippen LogP contribution in [0.1, 0.15) is 15.9 Å². The van der Waals surface area contributed by atoms with Crippen LogP contribution in [-0.2, 0) is 4.84 Å². The molecule has 1 aromatic heterocycles. The van der Waals surface area contributed by atoms with Crippen molar-refractivity contribution >= 4 is 44.2 Å². The highest BCUT2D eigenvalue weighted by Gasteiger charge is 2.24. The van der Waals surface area contributed by atoms with Crippen LogP contribution in [0.3, 0.4) is 0 Å². The Morgan fingerprint density at radius 2 is 1.70 bits per heavy atom. The Labute approximate surface area is 236 Å². The molecule has 2 heterocycles. The minimum Gasteiger partial charge on any atom is -0.477 e. The first-order valence-electron chi connectivity index (χ1n) is 12.5. The van der Waals surface area contributed by atoms with Gasteiger partial charge in [0.2, 0.25) is 5.43 Å². The highest BCUT2D eigenvalue weighted by Crippen LogP contribution is 2.28. The molecule has 4 aromatic rings. The van der Waals surface area contributed by atoms with E-state index in [2.05, 4.69) is 26.0 Å². The first-order valence-corrected chi connectivity index (χ1v) is 13.3. The van der Waals surface area contributed by atoms with Gasteiger partial charge in [-0.25, -0.2) is 13.6 Å². The normalized spacial score (nSPS) is 14.5.